The first-order valence-corrected chi connectivity index (χ1v) is 10.3. The number of aryl methyl sites for hydroxylation is 1. The average molecular weight is 369 g/mol. The second-order valence-corrected chi connectivity index (χ2v) is 8.92. The van der Waals surface area contributed by atoms with E-state index >= 15 is 0 Å². The number of benzene rings is 2. The van der Waals surface area contributed by atoms with Crippen LogP contribution >= 0.6 is 11.8 Å². The maximum absolute atomic E-state index is 12.9. The number of hydrogen-bond acceptors (Lipinski definition) is 2. The Kier molecular flexibility index (Phi) is 5.61. The molecule has 138 valence electrons. The van der Waals surface area contributed by atoms with Crippen LogP contribution < -0.4 is 5.32 Å². The molecule has 1 aliphatic rings. The fourth-order valence-corrected chi connectivity index (χ4v) is 4.50. The summed E-state index contributed by atoms with van der Waals surface area (Å²) < 4.78 is 0. The fourth-order valence-electron chi connectivity index (χ4n) is 3.24. The minimum atomic E-state index is -0.0132. The topological polar surface area (TPSA) is 32.3 Å². The molecule has 0 saturated carbocycles. The second-order valence-electron chi connectivity index (χ2n) is 7.73. The van der Waals surface area contributed by atoms with Crippen molar-refractivity contribution in [3.8, 4) is 0 Å². The van der Waals surface area contributed by atoms with E-state index in [1.54, 1.807) is 0 Å². The normalized spacial score (nSPS) is 17.4. The molecule has 3 nitrogen and oxygen atoms in total. The highest BCUT2D eigenvalue weighted by molar-refractivity contribution is 7.99. The molecule has 1 saturated heterocycles. The lowest BCUT2D eigenvalue weighted by molar-refractivity contribution is 0.214. The number of hydrogen-bond donors (Lipinski definition) is 1. The van der Waals surface area contributed by atoms with Gasteiger partial charge in [0.15, 0.2) is 0 Å². The molecular formula is C22H28N2OS. The van der Waals surface area contributed by atoms with E-state index in [1.807, 2.05) is 34.9 Å². The summed E-state index contributed by atoms with van der Waals surface area (Å²) in [6.07, 6.45) is 0.906. The maximum atomic E-state index is 12.9. The Balaban J connectivity index is 1.76. The average Bonchev–Trinajstić information content (AvgIpc) is 3.11. The van der Waals surface area contributed by atoms with Gasteiger partial charge in [0.1, 0.15) is 5.37 Å². The molecule has 1 N–H and O–H groups in total. The molecule has 0 radical (unpaired) electrons. The maximum Gasteiger partial charge on any atom is 0.323 e. The van der Waals surface area contributed by atoms with Crippen molar-refractivity contribution in [2.75, 3.05) is 17.6 Å². The van der Waals surface area contributed by atoms with Gasteiger partial charge in [-0.05, 0) is 34.6 Å². The Hall–Kier alpha value is -1.94. The van der Waals surface area contributed by atoms with Gasteiger partial charge in [-0.3, -0.25) is 0 Å². The van der Waals surface area contributed by atoms with Crippen molar-refractivity contribution >= 4 is 23.5 Å². The highest BCUT2D eigenvalue weighted by atomic mass is 32.2. The third-order valence-corrected chi connectivity index (χ3v) is 6.11. The summed E-state index contributed by atoms with van der Waals surface area (Å²) in [5.74, 6) is 0.967. The number of nitrogens with zero attached hydrogens (tertiary/aromatic N) is 1. The van der Waals surface area contributed by atoms with Gasteiger partial charge in [-0.1, -0.05) is 70.2 Å². The Morgan fingerprint density at radius 1 is 1.15 bits per heavy atom. The molecule has 2 amide bonds. The van der Waals surface area contributed by atoms with Crippen LogP contribution in [0.1, 0.15) is 49.8 Å². The van der Waals surface area contributed by atoms with Gasteiger partial charge < -0.3 is 10.2 Å². The van der Waals surface area contributed by atoms with Gasteiger partial charge in [-0.15, -0.1) is 11.8 Å². The van der Waals surface area contributed by atoms with Crippen molar-refractivity contribution in [1.82, 2.24) is 4.90 Å². The van der Waals surface area contributed by atoms with Gasteiger partial charge in [0.2, 0.25) is 0 Å². The number of amides is 2. The van der Waals surface area contributed by atoms with Crippen LogP contribution in [0.3, 0.4) is 0 Å². The molecule has 1 atom stereocenters. The molecule has 26 heavy (non-hydrogen) atoms. The van der Waals surface area contributed by atoms with Gasteiger partial charge in [-0.25, -0.2) is 4.79 Å². The summed E-state index contributed by atoms with van der Waals surface area (Å²) in [6, 6.07) is 16.7. The third-order valence-electron chi connectivity index (χ3n) is 4.85. The lowest BCUT2D eigenvalue weighted by Gasteiger charge is -2.26. The largest absolute Gasteiger partial charge is 0.323 e. The highest BCUT2D eigenvalue weighted by Gasteiger charge is 2.31. The number of carbonyl (C=O) groups excluding carboxylic acids is 1. The van der Waals surface area contributed by atoms with E-state index in [4.69, 9.17) is 0 Å². The Bertz CT molecular complexity index is 764. The van der Waals surface area contributed by atoms with Crippen molar-refractivity contribution in [3.05, 3.63) is 65.2 Å². The van der Waals surface area contributed by atoms with Gasteiger partial charge >= 0.3 is 6.03 Å². The summed E-state index contributed by atoms with van der Waals surface area (Å²) in [7, 11) is 0. The zero-order valence-electron chi connectivity index (χ0n) is 16.1. The molecule has 0 bridgehead atoms. The van der Waals surface area contributed by atoms with Crippen LogP contribution in [0.2, 0.25) is 0 Å². The summed E-state index contributed by atoms with van der Waals surface area (Å²) in [5.41, 5.74) is 4.73. The number of carbonyl (C=O) groups is 1. The Morgan fingerprint density at radius 3 is 2.50 bits per heavy atom. The molecule has 1 aliphatic heterocycles. The van der Waals surface area contributed by atoms with Crippen LogP contribution in [0.15, 0.2) is 48.5 Å². The zero-order chi connectivity index (χ0) is 18.7. The molecule has 2 aromatic carbocycles. The number of thioether (sulfide) groups is 1. The minimum absolute atomic E-state index is 0.0132. The van der Waals surface area contributed by atoms with E-state index in [9.17, 15) is 4.79 Å². The fraction of sp³-hybridized carbons (Fsp3) is 0.409. The van der Waals surface area contributed by atoms with Crippen molar-refractivity contribution < 1.29 is 4.79 Å². The van der Waals surface area contributed by atoms with Crippen LogP contribution in [0.4, 0.5) is 10.5 Å². The molecule has 1 fully saturated rings. The van der Waals surface area contributed by atoms with E-state index in [-0.39, 0.29) is 16.8 Å². The number of anilines is 1. The van der Waals surface area contributed by atoms with E-state index in [1.165, 1.54) is 16.7 Å². The lowest BCUT2D eigenvalue weighted by Crippen LogP contribution is -2.34. The molecule has 1 heterocycles. The van der Waals surface area contributed by atoms with Crippen molar-refractivity contribution in [2.24, 2.45) is 0 Å². The number of para-hydroxylation sites is 1. The number of rotatable bonds is 3. The predicted octanol–water partition coefficient (Wildman–Crippen LogP) is 5.83. The molecule has 4 heteroatoms. The molecule has 0 aliphatic carbocycles. The van der Waals surface area contributed by atoms with Crippen LogP contribution in [0.25, 0.3) is 0 Å². The number of urea groups is 1. The molecular weight excluding hydrogens is 340 g/mol. The Labute approximate surface area is 161 Å². The number of nitrogens with one attached hydrogen (secondary N) is 1. The van der Waals surface area contributed by atoms with E-state index < -0.39 is 0 Å². The van der Waals surface area contributed by atoms with E-state index in [2.05, 4.69) is 63.3 Å². The predicted molar refractivity (Wildman–Crippen MR) is 112 cm³/mol. The summed E-state index contributed by atoms with van der Waals surface area (Å²) in [5, 5.41) is 3.19. The van der Waals surface area contributed by atoms with Crippen LogP contribution in [0, 0.1) is 0 Å². The molecule has 1 unspecified atom stereocenters. The molecule has 2 aromatic rings. The van der Waals surface area contributed by atoms with Crippen molar-refractivity contribution in [2.45, 2.75) is 44.9 Å². The summed E-state index contributed by atoms with van der Waals surface area (Å²) in [4.78, 5) is 14.8. The summed E-state index contributed by atoms with van der Waals surface area (Å²) in [6.45, 7) is 9.54. The molecule has 3 rings (SSSR count). The van der Waals surface area contributed by atoms with Crippen LogP contribution in [0.5, 0.6) is 0 Å². The quantitative estimate of drug-likeness (QED) is 0.739. The third kappa shape index (κ3) is 4.07. The highest BCUT2D eigenvalue weighted by Crippen LogP contribution is 2.39. The molecule has 0 aromatic heterocycles. The smallest absolute Gasteiger partial charge is 0.308 e. The minimum Gasteiger partial charge on any atom is -0.308 e. The van der Waals surface area contributed by atoms with Gasteiger partial charge in [0, 0.05) is 18.0 Å². The van der Waals surface area contributed by atoms with Gasteiger partial charge in [-0.2, -0.15) is 0 Å². The zero-order valence-corrected chi connectivity index (χ0v) is 16.9. The second kappa shape index (κ2) is 7.75. The first-order valence-electron chi connectivity index (χ1n) is 9.27. The van der Waals surface area contributed by atoms with Gasteiger partial charge in [0.25, 0.3) is 0 Å². The van der Waals surface area contributed by atoms with Crippen LogP contribution in [-0.4, -0.2) is 23.2 Å². The first kappa shape index (κ1) is 18.8. The van der Waals surface area contributed by atoms with E-state index in [0.717, 1.165) is 24.4 Å². The van der Waals surface area contributed by atoms with Crippen molar-refractivity contribution in [3.63, 3.8) is 0 Å². The summed E-state index contributed by atoms with van der Waals surface area (Å²) >= 11 is 1.83. The van der Waals surface area contributed by atoms with Crippen LogP contribution in [-0.2, 0) is 11.8 Å². The molecule has 0 spiro atoms. The standard InChI is InChI=1S/C22H28N2OS/c1-5-16-8-6-7-9-19(16)23-21(25)24-14-15-26-20(24)17-10-12-18(13-11-17)22(2,3)4/h6-13,20H,5,14-15H2,1-4H3,(H,23,25). The van der Waals surface area contributed by atoms with Crippen molar-refractivity contribution in [1.29, 1.82) is 0 Å². The van der Waals surface area contributed by atoms with Gasteiger partial charge in [0.05, 0.1) is 0 Å². The first-order chi connectivity index (χ1) is 12.4. The van der Waals surface area contributed by atoms with E-state index in [0.29, 0.717) is 0 Å². The monoisotopic (exact) mass is 368 g/mol. The Morgan fingerprint density at radius 2 is 1.85 bits per heavy atom. The SMILES string of the molecule is CCc1ccccc1NC(=O)N1CCSC1c1ccc(C(C)(C)C)cc1. The lowest BCUT2D eigenvalue weighted by atomic mass is 9.87.